The summed E-state index contributed by atoms with van der Waals surface area (Å²) in [5.41, 5.74) is 2.08. The SMILES string of the molecule is C[C@]1(C(=O)[C@H](Cc2ccccc2)NC(=O)[C@H](Cc2ccccc2)NC(=O)[C@H](Cc2cnc[nH]2)NC(=O)OCc2ccccc2)CO1. The summed E-state index contributed by atoms with van der Waals surface area (Å²) in [6, 6.07) is 24.7. The Hall–Kier alpha value is -5.29. The molecule has 1 saturated heterocycles. The molecule has 4 N–H and O–H groups in total. The van der Waals surface area contributed by atoms with E-state index in [1.807, 2.05) is 91.0 Å². The zero-order valence-electron chi connectivity index (χ0n) is 25.5. The lowest BCUT2D eigenvalue weighted by Crippen LogP contribution is -2.58. The number of Topliss-reactive ketones (excluding diaryl/α,β-unsaturated/α-hetero) is 1. The predicted octanol–water partition coefficient (Wildman–Crippen LogP) is 3.06. The van der Waals surface area contributed by atoms with Gasteiger partial charge in [-0.1, -0.05) is 91.0 Å². The molecule has 5 rings (SSSR count). The number of carbonyl (C=O) groups is 4. The number of aromatic amines is 1. The maximum absolute atomic E-state index is 13.9. The van der Waals surface area contributed by atoms with Gasteiger partial charge in [-0.05, 0) is 30.0 Å². The highest BCUT2D eigenvalue weighted by Crippen LogP contribution is 2.29. The highest BCUT2D eigenvalue weighted by molar-refractivity contribution is 5.98. The molecule has 1 fully saturated rings. The summed E-state index contributed by atoms with van der Waals surface area (Å²) in [7, 11) is 0. The van der Waals surface area contributed by atoms with Crippen LogP contribution in [0.4, 0.5) is 4.79 Å². The van der Waals surface area contributed by atoms with Gasteiger partial charge in [-0.2, -0.15) is 0 Å². The van der Waals surface area contributed by atoms with Crippen LogP contribution in [0.25, 0.3) is 0 Å². The van der Waals surface area contributed by atoms with Crippen molar-refractivity contribution in [1.29, 1.82) is 0 Å². The van der Waals surface area contributed by atoms with Gasteiger partial charge in [0.2, 0.25) is 11.8 Å². The molecule has 0 radical (unpaired) electrons. The molecule has 4 aromatic rings. The number of hydrogen-bond acceptors (Lipinski definition) is 7. The standard InChI is InChI=1S/C35H37N5O6/c1-35(22-46-35)31(41)28(17-24-11-5-2-6-12-24)38-32(42)29(18-25-13-7-3-8-14-25)39-33(43)30(19-27-20-36-23-37-27)40-34(44)45-21-26-15-9-4-10-16-26/h2-16,20,23,28-30H,17-19,21-22H2,1H3,(H,36,37)(H,38,42)(H,39,43)(H,40,44)/t28-,29-,30-,35+/m0/s1. The van der Waals surface area contributed by atoms with Crippen LogP contribution in [0, 0.1) is 0 Å². The molecular formula is C35H37N5O6. The molecule has 1 aliphatic rings. The Morgan fingerprint density at radius 2 is 1.26 bits per heavy atom. The second kappa shape index (κ2) is 15.1. The van der Waals surface area contributed by atoms with Crippen molar-refractivity contribution >= 4 is 23.7 Å². The molecule has 0 spiro atoms. The molecule has 4 atom stereocenters. The third kappa shape index (κ3) is 9.12. The number of rotatable bonds is 15. The number of epoxide rings is 1. The van der Waals surface area contributed by atoms with Crippen LogP contribution >= 0.6 is 0 Å². The van der Waals surface area contributed by atoms with Crippen molar-refractivity contribution in [2.24, 2.45) is 0 Å². The summed E-state index contributed by atoms with van der Waals surface area (Å²) < 4.78 is 10.8. The normalized spacial score (nSPS) is 17.2. The van der Waals surface area contributed by atoms with Gasteiger partial charge in [0, 0.05) is 24.7 Å². The summed E-state index contributed by atoms with van der Waals surface area (Å²) in [6.07, 6.45) is 2.69. The zero-order chi connectivity index (χ0) is 32.4. The van der Waals surface area contributed by atoms with E-state index >= 15 is 0 Å². The topological polar surface area (TPSA) is 155 Å². The van der Waals surface area contributed by atoms with Gasteiger partial charge in [-0.15, -0.1) is 0 Å². The van der Waals surface area contributed by atoms with Crippen molar-refractivity contribution in [3.8, 4) is 0 Å². The largest absolute Gasteiger partial charge is 0.445 e. The monoisotopic (exact) mass is 623 g/mol. The molecule has 2 heterocycles. The number of carbonyl (C=O) groups excluding carboxylic acids is 4. The fourth-order valence-electron chi connectivity index (χ4n) is 5.01. The van der Waals surface area contributed by atoms with Crippen molar-refractivity contribution in [1.82, 2.24) is 25.9 Å². The fraction of sp³-hybridized carbons (Fsp3) is 0.286. The first kappa shape index (κ1) is 32.1. The minimum absolute atomic E-state index is 0.0174. The molecule has 0 aliphatic carbocycles. The number of benzene rings is 3. The van der Waals surface area contributed by atoms with E-state index in [0.717, 1.165) is 16.7 Å². The quantitative estimate of drug-likeness (QED) is 0.148. The van der Waals surface area contributed by atoms with Gasteiger partial charge in [0.15, 0.2) is 5.78 Å². The Balaban J connectivity index is 1.33. The molecule has 238 valence electrons. The van der Waals surface area contributed by atoms with Gasteiger partial charge in [0.05, 0.1) is 19.0 Å². The lowest BCUT2D eigenvalue weighted by molar-refractivity contribution is -0.133. The van der Waals surface area contributed by atoms with E-state index < -0.39 is 41.6 Å². The van der Waals surface area contributed by atoms with Gasteiger partial charge in [-0.25, -0.2) is 9.78 Å². The van der Waals surface area contributed by atoms with Gasteiger partial charge < -0.3 is 30.4 Å². The molecule has 0 unspecified atom stereocenters. The van der Waals surface area contributed by atoms with E-state index in [1.54, 1.807) is 13.1 Å². The Kier molecular flexibility index (Phi) is 10.6. The average molecular weight is 624 g/mol. The van der Waals surface area contributed by atoms with E-state index in [2.05, 4.69) is 25.9 Å². The highest BCUT2D eigenvalue weighted by atomic mass is 16.6. The second-order valence-electron chi connectivity index (χ2n) is 11.4. The lowest BCUT2D eigenvalue weighted by atomic mass is 9.94. The van der Waals surface area contributed by atoms with Crippen LogP contribution in [0.2, 0.25) is 0 Å². The number of imidazole rings is 1. The fourth-order valence-corrected chi connectivity index (χ4v) is 5.01. The first-order chi connectivity index (χ1) is 22.3. The minimum atomic E-state index is -1.10. The van der Waals surface area contributed by atoms with Gasteiger partial charge in [-0.3, -0.25) is 14.4 Å². The number of nitrogens with zero attached hydrogens (tertiary/aromatic N) is 1. The van der Waals surface area contributed by atoms with Crippen LogP contribution in [0.5, 0.6) is 0 Å². The highest BCUT2D eigenvalue weighted by Gasteiger charge is 2.50. The van der Waals surface area contributed by atoms with Crippen molar-refractivity contribution in [2.75, 3.05) is 6.61 Å². The molecule has 3 aromatic carbocycles. The summed E-state index contributed by atoms with van der Waals surface area (Å²) >= 11 is 0. The van der Waals surface area contributed by atoms with Crippen molar-refractivity contribution in [3.63, 3.8) is 0 Å². The number of ketones is 1. The summed E-state index contributed by atoms with van der Waals surface area (Å²) in [5, 5.41) is 8.34. The van der Waals surface area contributed by atoms with E-state index in [4.69, 9.17) is 9.47 Å². The Bertz CT molecular complexity index is 1590. The molecule has 11 nitrogen and oxygen atoms in total. The van der Waals surface area contributed by atoms with E-state index in [9.17, 15) is 19.2 Å². The molecule has 46 heavy (non-hydrogen) atoms. The molecule has 1 aliphatic heterocycles. The number of hydrogen-bond donors (Lipinski definition) is 4. The molecular weight excluding hydrogens is 586 g/mol. The Morgan fingerprint density at radius 1 is 0.761 bits per heavy atom. The molecule has 0 bridgehead atoms. The summed E-state index contributed by atoms with van der Waals surface area (Å²) in [4.78, 5) is 60.9. The first-order valence-corrected chi connectivity index (χ1v) is 15.1. The van der Waals surface area contributed by atoms with Crippen molar-refractivity contribution in [2.45, 2.75) is 56.5 Å². The maximum atomic E-state index is 13.9. The van der Waals surface area contributed by atoms with Crippen LogP contribution in [0.3, 0.4) is 0 Å². The van der Waals surface area contributed by atoms with Crippen LogP contribution in [-0.4, -0.2) is 64.0 Å². The zero-order valence-corrected chi connectivity index (χ0v) is 25.5. The maximum Gasteiger partial charge on any atom is 0.408 e. The molecule has 11 heteroatoms. The van der Waals surface area contributed by atoms with Crippen molar-refractivity contribution < 1.29 is 28.7 Å². The van der Waals surface area contributed by atoms with Crippen LogP contribution in [-0.2, 0) is 49.7 Å². The van der Waals surface area contributed by atoms with Gasteiger partial charge >= 0.3 is 6.09 Å². The number of H-pyrrole nitrogens is 1. The smallest absolute Gasteiger partial charge is 0.408 e. The van der Waals surface area contributed by atoms with Gasteiger partial charge in [0.25, 0.3) is 0 Å². The molecule has 3 amide bonds. The predicted molar refractivity (Wildman–Crippen MR) is 169 cm³/mol. The lowest BCUT2D eigenvalue weighted by Gasteiger charge is -2.26. The summed E-state index contributed by atoms with van der Waals surface area (Å²) in [6.45, 7) is 1.99. The van der Waals surface area contributed by atoms with Crippen LogP contribution in [0.15, 0.2) is 104 Å². The number of aromatic nitrogens is 2. The molecule has 1 aromatic heterocycles. The molecule has 0 saturated carbocycles. The average Bonchev–Trinajstić information content (AvgIpc) is 3.61. The van der Waals surface area contributed by atoms with E-state index in [0.29, 0.717) is 5.69 Å². The minimum Gasteiger partial charge on any atom is -0.445 e. The number of nitrogens with one attached hydrogen (secondary N) is 4. The summed E-state index contributed by atoms with van der Waals surface area (Å²) in [5.74, 6) is -1.39. The first-order valence-electron chi connectivity index (χ1n) is 15.1. The number of alkyl carbamates (subject to hydrolysis) is 1. The van der Waals surface area contributed by atoms with E-state index in [-0.39, 0.29) is 38.3 Å². The Morgan fingerprint density at radius 3 is 1.78 bits per heavy atom. The second-order valence-corrected chi connectivity index (χ2v) is 11.4. The van der Waals surface area contributed by atoms with Crippen LogP contribution in [0.1, 0.15) is 29.3 Å². The third-order valence-electron chi connectivity index (χ3n) is 7.73. The van der Waals surface area contributed by atoms with Gasteiger partial charge in [0.1, 0.15) is 24.3 Å². The van der Waals surface area contributed by atoms with E-state index in [1.165, 1.54) is 6.33 Å². The van der Waals surface area contributed by atoms with Crippen molar-refractivity contribution in [3.05, 3.63) is 126 Å². The third-order valence-corrected chi connectivity index (χ3v) is 7.73. The van der Waals surface area contributed by atoms with Crippen LogP contribution < -0.4 is 16.0 Å². The number of amides is 3. The Labute approximate surface area is 267 Å². The number of ether oxygens (including phenoxy) is 2.